The lowest BCUT2D eigenvalue weighted by molar-refractivity contribution is -0.122. The first-order chi connectivity index (χ1) is 4.34. The number of hydrogen-bond acceptors (Lipinski definition) is 1. The normalized spacial score (nSPS) is 26.3. The van der Waals surface area contributed by atoms with Gasteiger partial charge in [-0.3, -0.25) is 4.79 Å². The van der Waals surface area contributed by atoms with Gasteiger partial charge in [0.05, 0.1) is 0 Å². The Balaban J connectivity index is 2.31. The van der Waals surface area contributed by atoms with E-state index in [4.69, 9.17) is 0 Å². The maximum Gasteiger partial charge on any atom is 0.223 e. The highest BCUT2D eigenvalue weighted by Gasteiger charge is 2.22. The van der Waals surface area contributed by atoms with Gasteiger partial charge in [0, 0.05) is 12.5 Å². The molecule has 0 aromatic carbocycles. The quantitative estimate of drug-likeness (QED) is 0.587. The molecule has 0 spiro atoms. The highest BCUT2D eigenvalue weighted by Crippen LogP contribution is 2.14. The molecule has 0 aromatic heterocycles. The number of amides is 1. The summed E-state index contributed by atoms with van der Waals surface area (Å²) in [7, 11) is 0. The van der Waals surface area contributed by atoms with E-state index in [1.54, 1.807) is 0 Å². The molecule has 1 unspecified atom stereocenters. The maximum absolute atomic E-state index is 10.9. The van der Waals surface area contributed by atoms with Crippen LogP contribution in [0.3, 0.4) is 0 Å². The van der Waals surface area contributed by atoms with Gasteiger partial charge in [0.15, 0.2) is 0 Å². The summed E-state index contributed by atoms with van der Waals surface area (Å²) in [6.07, 6.45) is 3.23. The molecule has 1 amide bonds. The average Bonchev–Trinajstić information content (AvgIpc) is 2.18. The number of rotatable bonds is 2. The van der Waals surface area contributed by atoms with Crippen LogP contribution in [0.2, 0.25) is 0 Å². The van der Waals surface area contributed by atoms with Crippen LogP contribution in [0.4, 0.5) is 0 Å². The second-order valence-corrected chi connectivity index (χ2v) is 2.57. The summed E-state index contributed by atoms with van der Waals surface area (Å²) in [5, 5.41) is 2.82. The van der Waals surface area contributed by atoms with Gasteiger partial charge in [0.25, 0.3) is 0 Å². The number of nitrogens with one attached hydrogen (secondary N) is 1. The zero-order valence-electron chi connectivity index (χ0n) is 5.81. The van der Waals surface area contributed by atoms with E-state index in [9.17, 15) is 4.79 Å². The van der Waals surface area contributed by atoms with Crippen LogP contribution in [-0.2, 0) is 4.79 Å². The van der Waals surface area contributed by atoms with Crippen LogP contribution in [0.25, 0.3) is 0 Å². The van der Waals surface area contributed by atoms with Crippen molar-refractivity contribution < 1.29 is 4.79 Å². The molecule has 2 heteroatoms. The fraction of sp³-hybridized carbons (Fsp3) is 0.857. The Morgan fingerprint density at radius 2 is 2.56 bits per heavy atom. The van der Waals surface area contributed by atoms with E-state index in [-0.39, 0.29) is 5.91 Å². The minimum Gasteiger partial charge on any atom is -0.356 e. The molecule has 1 fully saturated rings. The molecule has 0 saturated carbocycles. The van der Waals surface area contributed by atoms with Crippen LogP contribution in [0.5, 0.6) is 0 Å². The Hall–Kier alpha value is -0.530. The molecule has 1 atom stereocenters. The standard InChI is InChI=1S/C7H13NO/c1-2-3-6-4-5-8-7(6)9/h6H,2-5H2,1H3,(H,8,9). The van der Waals surface area contributed by atoms with Crippen molar-refractivity contribution in [2.75, 3.05) is 6.54 Å². The Morgan fingerprint density at radius 1 is 1.78 bits per heavy atom. The molecule has 9 heavy (non-hydrogen) atoms. The predicted molar refractivity (Wildman–Crippen MR) is 36.0 cm³/mol. The van der Waals surface area contributed by atoms with Crippen molar-refractivity contribution in [2.24, 2.45) is 5.92 Å². The first kappa shape index (κ1) is 6.59. The van der Waals surface area contributed by atoms with E-state index < -0.39 is 0 Å². The molecule has 0 aliphatic carbocycles. The van der Waals surface area contributed by atoms with Gasteiger partial charge in [-0.25, -0.2) is 0 Å². The second kappa shape index (κ2) is 2.85. The van der Waals surface area contributed by atoms with Crippen LogP contribution in [-0.4, -0.2) is 12.5 Å². The molecule has 1 N–H and O–H groups in total. The van der Waals surface area contributed by atoms with E-state index in [0.29, 0.717) is 5.92 Å². The molecule has 0 bridgehead atoms. The molecule has 1 heterocycles. The predicted octanol–water partition coefficient (Wildman–Crippen LogP) is 0.923. The Labute approximate surface area is 55.6 Å². The lowest BCUT2D eigenvalue weighted by Gasteiger charge is -2.01. The summed E-state index contributed by atoms with van der Waals surface area (Å²) in [5.74, 6) is 0.590. The largest absolute Gasteiger partial charge is 0.356 e. The van der Waals surface area contributed by atoms with Gasteiger partial charge in [0.1, 0.15) is 0 Å². The van der Waals surface area contributed by atoms with Crippen LogP contribution in [0.15, 0.2) is 0 Å². The third-order valence-electron chi connectivity index (χ3n) is 1.80. The van der Waals surface area contributed by atoms with E-state index in [1.807, 2.05) is 0 Å². The van der Waals surface area contributed by atoms with E-state index in [2.05, 4.69) is 12.2 Å². The first-order valence-corrected chi connectivity index (χ1v) is 3.62. The molecule has 1 rings (SSSR count). The van der Waals surface area contributed by atoms with E-state index >= 15 is 0 Å². The van der Waals surface area contributed by atoms with Crippen LogP contribution < -0.4 is 5.32 Å². The third-order valence-corrected chi connectivity index (χ3v) is 1.80. The highest BCUT2D eigenvalue weighted by molar-refractivity contribution is 5.80. The van der Waals surface area contributed by atoms with Crippen LogP contribution >= 0.6 is 0 Å². The summed E-state index contributed by atoms with van der Waals surface area (Å²) in [5.41, 5.74) is 0. The van der Waals surface area contributed by atoms with Gasteiger partial charge < -0.3 is 5.32 Å². The number of carbonyl (C=O) groups excluding carboxylic acids is 1. The summed E-state index contributed by atoms with van der Waals surface area (Å²) in [4.78, 5) is 10.9. The van der Waals surface area contributed by atoms with E-state index in [0.717, 1.165) is 25.8 Å². The lowest BCUT2D eigenvalue weighted by Crippen LogP contribution is -2.18. The van der Waals surface area contributed by atoms with Gasteiger partial charge in [-0.05, 0) is 12.8 Å². The minimum absolute atomic E-state index is 0.261. The average molecular weight is 127 g/mol. The molecule has 0 radical (unpaired) electrons. The van der Waals surface area contributed by atoms with Crippen molar-refractivity contribution in [3.05, 3.63) is 0 Å². The van der Waals surface area contributed by atoms with E-state index in [1.165, 1.54) is 0 Å². The van der Waals surface area contributed by atoms with Gasteiger partial charge in [-0.15, -0.1) is 0 Å². The molecule has 1 saturated heterocycles. The third kappa shape index (κ3) is 1.44. The van der Waals surface area contributed by atoms with Crippen molar-refractivity contribution in [3.8, 4) is 0 Å². The van der Waals surface area contributed by atoms with Crippen molar-refractivity contribution in [2.45, 2.75) is 26.2 Å². The van der Waals surface area contributed by atoms with Gasteiger partial charge in [-0.2, -0.15) is 0 Å². The zero-order valence-corrected chi connectivity index (χ0v) is 5.81. The van der Waals surface area contributed by atoms with Crippen molar-refractivity contribution >= 4 is 5.91 Å². The van der Waals surface area contributed by atoms with Crippen molar-refractivity contribution in [3.63, 3.8) is 0 Å². The fourth-order valence-corrected chi connectivity index (χ4v) is 1.27. The fourth-order valence-electron chi connectivity index (χ4n) is 1.27. The van der Waals surface area contributed by atoms with Gasteiger partial charge >= 0.3 is 0 Å². The van der Waals surface area contributed by atoms with Crippen molar-refractivity contribution in [1.82, 2.24) is 5.32 Å². The smallest absolute Gasteiger partial charge is 0.223 e. The summed E-state index contributed by atoms with van der Waals surface area (Å²) >= 11 is 0. The first-order valence-electron chi connectivity index (χ1n) is 3.62. The molecular weight excluding hydrogens is 114 g/mol. The summed E-state index contributed by atoms with van der Waals surface area (Å²) in [6, 6.07) is 0. The Morgan fingerprint density at radius 3 is 3.00 bits per heavy atom. The second-order valence-electron chi connectivity index (χ2n) is 2.57. The van der Waals surface area contributed by atoms with Gasteiger partial charge in [-0.1, -0.05) is 13.3 Å². The minimum atomic E-state index is 0.261. The lowest BCUT2D eigenvalue weighted by atomic mass is 10.0. The number of hydrogen-bond donors (Lipinski definition) is 1. The molecular formula is C7H13NO. The van der Waals surface area contributed by atoms with Crippen LogP contribution in [0, 0.1) is 5.92 Å². The summed E-state index contributed by atoms with van der Waals surface area (Å²) in [6.45, 7) is 3.01. The molecule has 1 aliphatic heterocycles. The Bertz CT molecular complexity index is 111. The van der Waals surface area contributed by atoms with Gasteiger partial charge in [0.2, 0.25) is 5.91 Å². The number of carbonyl (C=O) groups is 1. The van der Waals surface area contributed by atoms with Crippen molar-refractivity contribution in [1.29, 1.82) is 0 Å². The topological polar surface area (TPSA) is 29.1 Å². The zero-order chi connectivity index (χ0) is 6.69. The monoisotopic (exact) mass is 127 g/mol. The summed E-state index contributed by atoms with van der Waals surface area (Å²) < 4.78 is 0. The SMILES string of the molecule is CCCC1CCNC1=O. The maximum atomic E-state index is 10.9. The molecule has 1 aliphatic rings. The molecule has 0 aromatic rings. The highest BCUT2D eigenvalue weighted by atomic mass is 16.2. The molecule has 52 valence electrons. The molecule has 2 nitrogen and oxygen atoms in total. The Kier molecular flexibility index (Phi) is 2.09. The van der Waals surface area contributed by atoms with Crippen LogP contribution in [0.1, 0.15) is 26.2 Å².